The highest BCUT2D eigenvalue weighted by molar-refractivity contribution is 5.75. The molecule has 0 aliphatic carbocycles. The summed E-state index contributed by atoms with van der Waals surface area (Å²) >= 11 is 0. The average molecular weight is 466 g/mol. The first-order valence-electron chi connectivity index (χ1n) is 8.82. The lowest BCUT2D eigenvalue weighted by Crippen LogP contribution is -2.42. The lowest BCUT2D eigenvalue weighted by atomic mass is 10.1. The van der Waals surface area contributed by atoms with Crippen LogP contribution in [0.1, 0.15) is 17.9 Å². The van der Waals surface area contributed by atoms with Crippen LogP contribution in [0.15, 0.2) is 32.3 Å². The molecule has 1 heterocycles. The fraction of sp³-hybridized carbons (Fsp3) is 0.333. The molecule has 3 aromatic rings. The van der Waals surface area contributed by atoms with Crippen molar-refractivity contribution < 1.29 is 35.3 Å². The van der Waals surface area contributed by atoms with Gasteiger partial charge >= 0.3 is 18.2 Å². The minimum Gasteiger partial charge on any atom is -0.376 e. The molecule has 14 heteroatoms. The number of benzene rings is 1. The molecular formula is C18H13F7N4O3. The molecule has 0 atom stereocenters. The second kappa shape index (κ2) is 8.24. The fourth-order valence-corrected chi connectivity index (χ4v) is 2.80. The van der Waals surface area contributed by atoms with Crippen LogP contribution in [0, 0.1) is 5.82 Å². The van der Waals surface area contributed by atoms with Crippen LogP contribution in [-0.4, -0.2) is 29.9 Å². The van der Waals surface area contributed by atoms with Crippen LogP contribution in [0.25, 0.3) is 11.4 Å². The van der Waals surface area contributed by atoms with Gasteiger partial charge in [-0.05, 0) is 17.7 Å². The highest BCUT2D eigenvalue weighted by Gasteiger charge is 2.38. The molecule has 0 spiro atoms. The third-order valence-corrected chi connectivity index (χ3v) is 4.41. The number of hydrogen-bond acceptors (Lipinski definition) is 7. The van der Waals surface area contributed by atoms with E-state index in [2.05, 4.69) is 20.0 Å². The van der Waals surface area contributed by atoms with Gasteiger partial charge in [0.05, 0.1) is 12.0 Å². The van der Waals surface area contributed by atoms with Crippen molar-refractivity contribution >= 4 is 11.4 Å². The Morgan fingerprint density at radius 1 is 1.09 bits per heavy atom. The van der Waals surface area contributed by atoms with Crippen molar-refractivity contribution in [3.05, 3.63) is 55.9 Å². The summed E-state index contributed by atoms with van der Waals surface area (Å²) in [6.07, 6.45) is -10.5. The molecule has 0 unspecified atom stereocenters. The molecule has 172 valence electrons. The highest BCUT2D eigenvalue weighted by atomic mass is 19.4. The van der Waals surface area contributed by atoms with Gasteiger partial charge < -0.3 is 14.7 Å². The van der Waals surface area contributed by atoms with E-state index in [1.54, 1.807) is 0 Å². The van der Waals surface area contributed by atoms with E-state index in [4.69, 9.17) is 0 Å². The number of rotatable bonds is 7. The first-order chi connectivity index (χ1) is 14.8. The number of hydrogen-bond donors (Lipinski definition) is 1. The monoisotopic (exact) mass is 466 g/mol. The molecule has 0 aliphatic heterocycles. The van der Waals surface area contributed by atoms with Gasteiger partial charge in [0.1, 0.15) is 17.2 Å². The Hall–Kier alpha value is -3.45. The molecular weight excluding hydrogens is 453 g/mol. The van der Waals surface area contributed by atoms with Crippen LogP contribution < -0.4 is 21.1 Å². The maximum atomic E-state index is 14.3. The van der Waals surface area contributed by atoms with Crippen LogP contribution in [0.4, 0.5) is 42.1 Å². The van der Waals surface area contributed by atoms with Crippen molar-refractivity contribution in [1.82, 2.24) is 10.1 Å². The Labute approximate surface area is 174 Å². The summed E-state index contributed by atoms with van der Waals surface area (Å²) < 4.78 is 93.1. The molecule has 3 rings (SSSR count). The zero-order valence-corrected chi connectivity index (χ0v) is 16.1. The maximum Gasteiger partial charge on any atom is 0.471 e. The van der Waals surface area contributed by atoms with Gasteiger partial charge in [0, 0.05) is 20.1 Å². The van der Waals surface area contributed by atoms with Gasteiger partial charge in [0.25, 0.3) is 10.9 Å². The Bertz CT molecular complexity index is 1190. The molecule has 0 saturated heterocycles. The van der Waals surface area contributed by atoms with Crippen LogP contribution in [-0.2, 0) is 12.7 Å². The maximum absolute atomic E-state index is 14.3. The lowest BCUT2D eigenvalue weighted by Gasteiger charge is -2.24. The third-order valence-electron chi connectivity index (χ3n) is 4.41. The van der Waals surface area contributed by atoms with Crippen LogP contribution in [0.5, 0.6) is 0 Å². The van der Waals surface area contributed by atoms with Crippen molar-refractivity contribution in [1.29, 1.82) is 0 Å². The lowest BCUT2D eigenvalue weighted by molar-refractivity contribution is -0.159. The number of anilines is 2. The molecule has 0 radical (unpaired) electrons. The van der Waals surface area contributed by atoms with Gasteiger partial charge in [0.15, 0.2) is 0 Å². The predicted molar refractivity (Wildman–Crippen MR) is 97.3 cm³/mol. The number of halogens is 7. The molecule has 7 nitrogen and oxygen atoms in total. The molecule has 1 aromatic heterocycles. The fourth-order valence-electron chi connectivity index (χ4n) is 2.80. The summed E-state index contributed by atoms with van der Waals surface area (Å²) in [5.74, 6) is -3.24. The van der Waals surface area contributed by atoms with Crippen LogP contribution >= 0.6 is 0 Å². The third kappa shape index (κ3) is 4.89. The second-order valence-electron chi connectivity index (χ2n) is 6.76. The van der Waals surface area contributed by atoms with E-state index in [0.29, 0.717) is 0 Å². The van der Waals surface area contributed by atoms with E-state index in [0.717, 1.165) is 17.0 Å². The average Bonchev–Trinajstić information content (AvgIpc) is 3.18. The summed E-state index contributed by atoms with van der Waals surface area (Å²) in [5.41, 5.74) is -2.45. The van der Waals surface area contributed by atoms with E-state index in [9.17, 15) is 40.3 Å². The number of nitrogens with zero attached hydrogens (tertiary/aromatic N) is 3. The van der Waals surface area contributed by atoms with E-state index in [1.807, 2.05) is 0 Å². The Morgan fingerprint density at radius 3 is 2.34 bits per heavy atom. The van der Waals surface area contributed by atoms with Crippen molar-refractivity contribution in [3.63, 3.8) is 0 Å². The van der Waals surface area contributed by atoms with Crippen molar-refractivity contribution in [2.24, 2.45) is 0 Å². The summed E-state index contributed by atoms with van der Waals surface area (Å²) in [7, 11) is 1.22. The molecule has 0 bridgehead atoms. The SMILES string of the molecule is CN(CCC(F)(F)F)c1c(NCc2ccc(-c3noc(C(F)(F)F)n3)c(F)c2)c(=O)c1=O. The van der Waals surface area contributed by atoms with Gasteiger partial charge in [-0.2, -0.15) is 31.3 Å². The molecule has 1 N–H and O–H groups in total. The smallest absolute Gasteiger partial charge is 0.376 e. The van der Waals surface area contributed by atoms with Gasteiger partial charge in [-0.3, -0.25) is 9.59 Å². The largest absolute Gasteiger partial charge is 0.471 e. The van der Waals surface area contributed by atoms with Crippen LogP contribution in [0.3, 0.4) is 0 Å². The van der Waals surface area contributed by atoms with Gasteiger partial charge in [-0.25, -0.2) is 4.39 Å². The molecule has 0 fully saturated rings. The first kappa shape index (κ1) is 23.2. The summed E-state index contributed by atoms with van der Waals surface area (Å²) in [6.45, 7) is -0.737. The van der Waals surface area contributed by atoms with Crippen molar-refractivity contribution in [3.8, 4) is 11.4 Å². The van der Waals surface area contributed by atoms with E-state index >= 15 is 0 Å². The van der Waals surface area contributed by atoms with E-state index in [1.165, 1.54) is 13.1 Å². The second-order valence-corrected chi connectivity index (χ2v) is 6.76. The molecule has 32 heavy (non-hydrogen) atoms. The number of alkyl halides is 6. The Kier molecular flexibility index (Phi) is 5.98. The first-order valence-corrected chi connectivity index (χ1v) is 8.82. The van der Waals surface area contributed by atoms with E-state index in [-0.39, 0.29) is 29.0 Å². The minimum absolute atomic E-state index is 0.192. The molecule has 2 aromatic carbocycles. The highest BCUT2D eigenvalue weighted by Crippen LogP contribution is 2.30. The van der Waals surface area contributed by atoms with Gasteiger partial charge in [-0.15, -0.1) is 0 Å². The van der Waals surface area contributed by atoms with Crippen LogP contribution in [0.2, 0.25) is 0 Å². The van der Waals surface area contributed by atoms with Gasteiger partial charge in [-0.1, -0.05) is 11.2 Å². The Morgan fingerprint density at radius 2 is 1.78 bits per heavy atom. The predicted octanol–water partition coefficient (Wildman–Crippen LogP) is 3.49. The minimum atomic E-state index is -4.89. The zero-order valence-electron chi connectivity index (χ0n) is 16.1. The number of aromatic nitrogens is 2. The molecule has 0 saturated carbocycles. The van der Waals surface area contributed by atoms with Crippen molar-refractivity contribution in [2.75, 3.05) is 23.8 Å². The molecule has 0 amide bonds. The summed E-state index contributed by atoms with van der Waals surface area (Å²) in [5, 5.41) is 5.66. The normalized spacial score (nSPS) is 12.4. The van der Waals surface area contributed by atoms with Gasteiger partial charge in [0.2, 0.25) is 5.82 Å². The molecule has 0 aliphatic rings. The van der Waals surface area contributed by atoms with E-state index < -0.39 is 53.7 Å². The standard InChI is InChI=1S/C18H13F7N4O3/c1-29(5-4-17(20,21)22)12-11(13(30)14(12)31)26-7-8-2-3-9(10(19)6-8)15-27-16(32-28-15)18(23,24)25/h2-3,6,26H,4-5,7H2,1H3. The summed E-state index contributed by atoms with van der Waals surface area (Å²) in [4.78, 5) is 27.6. The summed E-state index contributed by atoms with van der Waals surface area (Å²) in [6, 6.07) is 3.33. The quantitative estimate of drug-likeness (QED) is 0.421. The zero-order chi connectivity index (χ0) is 23.8. The van der Waals surface area contributed by atoms with Crippen molar-refractivity contribution in [2.45, 2.75) is 25.3 Å². The topological polar surface area (TPSA) is 88.3 Å². The Balaban J connectivity index is 1.72. The number of nitrogens with one attached hydrogen (secondary N) is 1.